The van der Waals surface area contributed by atoms with E-state index in [-0.39, 0.29) is 44.9 Å². The molecule has 0 aromatic heterocycles. The second kappa shape index (κ2) is 16.8. The number of hydrogen-bond donors (Lipinski definition) is 6. The number of carboxylic acid groups (broad SMARTS) is 1. The van der Waals surface area contributed by atoms with Gasteiger partial charge in [-0.3, -0.25) is 18.5 Å². The number of aliphatic carboxylic acids is 1. The van der Waals surface area contributed by atoms with Gasteiger partial charge < -0.3 is 20.1 Å². The van der Waals surface area contributed by atoms with Crippen molar-refractivity contribution in [1.82, 2.24) is 0 Å². The van der Waals surface area contributed by atoms with Crippen LogP contribution in [0.5, 0.6) is 17.2 Å². The number of carbonyl (C=O) groups is 2. The van der Waals surface area contributed by atoms with Gasteiger partial charge in [-0.25, -0.2) is 17.4 Å². The first-order chi connectivity index (χ1) is 26.4. The molecule has 58 heavy (non-hydrogen) atoms. The molecule has 1 amide bonds. The largest absolute Gasteiger partial charge is 1.00 e. The molecule has 0 fully saturated rings. The van der Waals surface area contributed by atoms with Crippen LogP contribution in [0.15, 0.2) is 101 Å². The molecule has 29 heteroatoms. The van der Waals surface area contributed by atoms with E-state index in [0.29, 0.717) is 11.1 Å². The molecule has 1 atom stereocenters. The maximum absolute atomic E-state index is 13.2. The van der Waals surface area contributed by atoms with Crippen LogP contribution in [0.25, 0.3) is 10.8 Å². The number of rotatable bonds is 14. The smallest absolute Gasteiger partial charge is 0.506 e. The number of benzene rings is 4. The standard InChI is InChI=1S/C29H24N6O18S4.Cu/c1-52-21-12-19(20(36)13-22(21)54(41,42)9-8-53-57(49,50)51)31-32-24-23(56(46,47)48)10-14-2-3-15(11-18(14)27(24)37)30-33-25-26(29(39)40)34-35(28(25)38)16-4-6-17(7-5-16)55(43,44)45;/h2-7,10-13,25,36-37H,8-9H2,1H3,(H,39,40)(H,43,44,45)(H,46,47,48)(H,49,50,51);/p+4. The monoisotopic (exact) mass is 939 g/mol. The molecule has 6 N–H and O–H groups in total. The third kappa shape index (κ3) is 9.96. The van der Waals surface area contributed by atoms with Crippen molar-refractivity contribution in [3.63, 3.8) is 0 Å². The van der Waals surface area contributed by atoms with Crippen molar-refractivity contribution < 1.29 is 104 Å². The number of carboxylic acids is 1. The second-order valence-electron chi connectivity index (χ2n) is 11.2. The first kappa shape index (κ1) is 45.2. The number of anilines is 1. The normalized spacial score (nSPS) is 15.2. The topological polar surface area (TPSA) is 376 Å². The fraction of sp³-hybridized carbons (Fsp3) is 0.138. The number of phenols is 2. The summed E-state index contributed by atoms with van der Waals surface area (Å²) in [6.45, 7) is -1.01. The molecule has 313 valence electrons. The summed E-state index contributed by atoms with van der Waals surface area (Å²) in [6.07, 6.45) is 0. The Hall–Kier alpha value is -5.49. The number of sulfone groups is 1. The maximum Gasteiger partial charge on any atom is 1.00 e. The van der Waals surface area contributed by atoms with Crippen LogP contribution in [0, 0.1) is 0 Å². The van der Waals surface area contributed by atoms with E-state index < -0.39 is 120 Å². The van der Waals surface area contributed by atoms with Gasteiger partial charge in [-0.2, -0.15) is 45.6 Å². The van der Waals surface area contributed by atoms with Crippen molar-refractivity contribution in [1.29, 1.82) is 0 Å². The number of hydrazone groups is 1. The number of carbonyl (C=O) groups excluding carboxylic acids is 1. The van der Waals surface area contributed by atoms with Crippen molar-refractivity contribution in [3.05, 3.63) is 60.7 Å². The van der Waals surface area contributed by atoms with Gasteiger partial charge in [0, 0.05) is 34.6 Å². The average molecular weight is 940 g/mol. The third-order valence-corrected chi connectivity index (χ3v) is 11.4. The fourth-order valence-electron chi connectivity index (χ4n) is 4.95. The molecule has 5 rings (SSSR count). The molecule has 0 saturated heterocycles. The molecular formula is C29H28CuN6O18S4+4. The summed E-state index contributed by atoms with van der Waals surface area (Å²) in [7, 11) is -18.1. The first-order valence-electron chi connectivity index (χ1n) is 15.0. The SMILES string of the molecule is COc1cc(N=Nc2c(S(=O)(=O)O)cc3ccc(N=NC4C(=O)N(c5ccc(S(=O)(=O)O)cc5)N=C4C(=O)O)cc3c2O)c(O)cc1S(=O)(=O)CCOS(=O)(=O)O.[Cu].[H+].[H+].[H+].[H+]. The summed E-state index contributed by atoms with van der Waals surface area (Å²) >= 11 is 0. The molecule has 1 aliphatic heterocycles. The van der Waals surface area contributed by atoms with E-state index >= 15 is 0 Å². The van der Waals surface area contributed by atoms with Gasteiger partial charge in [-0.15, -0.1) is 10.2 Å². The predicted molar refractivity (Wildman–Crippen MR) is 195 cm³/mol. The van der Waals surface area contributed by atoms with Crippen LogP contribution in [-0.4, -0.2) is 106 Å². The number of ether oxygens (including phenoxy) is 1. The molecule has 0 aliphatic carbocycles. The van der Waals surface area contributed by atoms with Crippen LogP contribution < -0.4 is 9.75 Å². The van der Waals surface area contributed by atoms with E-state index in [2.05, 4.69) is 29.7 Å². The Labute approximate surface area is 342 Å². The molecule has 4 aromatic carbocycles. The minimum Gasteiger partial charge on any atom is -0.506 e. The van der Waals surface area contributed by atoms with Gasteiger partial charge in [-0.05, 0) is 47.9 Å². The summed E-state index contributed by atoms with van der Waals surface area (Å²) in [6, 6.07) is 7.99. The van der Waals surface area contributed by atoms with Crippen LogP contribution >= 0.6 is 0 Å². The molecule has 4 aromatic rings. The van der Waals surface area contributed by atoms with Crippen LogP contribution in [0.2, 0.25) is 0 Å². The van der Waals surface area contributed by atoms with Crippen molar-refractivity contribution >= 4 is 91.6 Å². The third-order valence-electron chi connectivity index (χ3n) is 7.55. The van der Waals surface area contributed by atoms with Crippen LogP contribution in [0.3, 0.4) is 0 Å². The molecule has 1 radical (unpaired) electrons. The summed E-state index contributed by atoms with van der Waals surface area (Å²) in [5.41, 5.74) is -2.51. The predicted octanol–water partition coefficient (Wildman–Crippen LogP) is 3.15. The number of hydrogen-bond acceptors (Lipinski definition) is 19. The van der Waals surface area contributed by atoms with Gasteiger partial charge in [0.15, 0.2) is 21.3 Å². The Morgan fingerprint density at radius 3 is 2.09 bits per heavy atom. The average Bonchev–Trinajstić information content (AvgIpc) is 3.45. The summed E-state index contributed by atoms with van der Waals surface area (Å²) in [4.78, 5) is 22.9. The zero-order valence-electron chi connectivity index (χ0n) is 32.5. The second-order valence-corrected chi connectivity index (χ2v) is 17.2. The van der Waals surface area contributed by atoms with E-state index in [1.165, 1.54) is 12.1 Å². The summed E-state index contributed by atoms with van der Waals surface area (Å²) in [5, 5.41) is 50.5. The van der Waals surface area contributed by atoms with E-state index in [1.807, 2.05) is 0 Å². The van der Waals surface area contributed by atoms with Crippen LogP contribution in [0.4, 0.5) is 22.7 Å². The van der Waals surface area contributed by atoms with Gasteiger partial charge in [0.2, 0.25) is 6.04 Å². The number of amides is 1. The summed E-state index contributed by atoms with van der Waals surface area (Å²) < 4.78 is 131. The molecular weight excluding hydrogens is 912 g/mol. The van der Waals surface area contributed by atoms with Crippen molar-refractivity contribution in [2.24, 2.45) is 25.6 Å². The Kier molecular flexibility index (Phi) is 13.1. The van der Waals surface area contributed by atoms with Crippen molar-refractivity contribution in [2.75, 3.05) is 24.5 Å². The van der Waals surface area contributed by atoms with Crippen molar-refractivity contribution in [2.45, 2.75) is 20.7 Å². The first-order valence-corrected chi connectivity index (χ1v) is 20.9. The Bertz CT molecular complexity index is 2910. The number of methoxy groups -OCH3 is 1. The Balaban J connectivity index is 0.00000744. The Morgan fingerprint density at radius 1 is 0.862 bits per heavy atom. The van der Waals surface area contributed by atoms with Gasteiger partial charge >= 0.3 is 22.1 Å². The number of nitrogens with zero attached hydrogens (tertiary/aromatic N) is 6. The van der Waals surface area contributed by atoms with E-state index in [9.17, 15) is 67.7 Å². The zero-order chi connectivity index (χ0) is 42.2. The Morgan fingerprint density at radius 2 is 1.52 bits per heavy atom. The molecule has 0 spiro atoms. The molecule has 24 nitrogen and oxygen atoms in total. The van der Waals surface area contributed by atoms with Crippen LogP contribution in [0.1, 0.15) is 5.71 Å². The molecule has 1 unspecified atom stereocenters. The maximum atomic E-state index is 13.2. The van der Waals surface area contributed by atoms with Gasteiger partial charge in [0.1, 0.15) is 32.7 Å². The van der Waals surface area contributed by atoms with Crippen molar-refractivity contribution in [3.8, 4) is 17.2 Å². The number of phenolic OH excluding ortho intramolecular Hbond substituents is 2. The molecule has 1 aliphatic rings. The van der Waals surface area contributed by atoms with Gasteiger partial charge in [0.25, 0.3) is 26.1 Å². The molecule has 0 saturated carbocycles. The number of aromatic hydroxyl groups is 2. The van der Waals surface area contributed by atoms with E-state index in [0.717, 1.165) is 49.6 Å². The van der Waals surface area contributed by atoms with E-state index in [4.69, 9.17) is 9.29 Å². The van der Waals surface area contributed by atoms with Gasteiger partial charge in [0.05, 0.1) is 35.7 Å². The summed E-state index contributed by atoms with van der Waals surface area (Å²) in [5.74, 6) is -6.03. The van der Waals surface area contributed by atoms with Crippen LogP contribution in [-0.2, 0) is 71.3 Å². The molecule has 1 heterocycles. The number of fused-ring (bicyclic) bond motifs is 1. The quantitative estimate of drug-likeness (QED) is 0.0600. The minimum atomic E-state index is -5.16. The number of azo groups is 2. The fourth-order valence-corrected chi connectivity index (χ4v) is 7.75. The van der Waals surface area contributed by atoms with Gasteiger partial charge in [-0.1, -0.05) is 6.07 Å². The molecule has 0 bridgehead atoms. The van der Waals surface area contributed by atoms with E-state index in [1.54, 1.807) is 0 Å². The zero-order valence-corrected chi connectivity index (χ0v) is 32.7. The minimum absolute atomic E-state index is 0.